The second-order valence-electron chi connectivity index (χ2n) is 11.3. The van der Waals surface area contributed by atoms with E-state index in [0.29, 0.717) is 24.3 Å². The van der Waals surface area contributed by atoms with Crippen LogP contribution in [0.4, 0.5) is 13.2 Å². The molecule has 2 aliphatic heterocycles. The van der Waals surface area contributed by atoms with Gasteiger partial charge in [0.1, 0.15) is 6.04 Å². The lowest BCUT2D eigenvalue weighted by Gasteiger charge is -2.36. The molecule has 4 aromatic rings. The molecule has 4 atom stereocenters. The van der Waals surface area contributed by atoms with Crippen LogP contribution in [0.15, 0.2) is 79.1 Å². The fourth-order valence-corrected chi connectivity index (χ4v) is 5.95. The number of aromatic nitrogens is 2. The molecule has 0 spiro atoms. The minimum atomic E-state index is -5.02. The average molecular weight is 623 g/mol. The quantitative estimate of drug-likeness (QED) is 0.288. The highest BCUT2D eigenvalue weighted by Gasteiger charge is 2.47. The van der Waals surface area contributed by atoms with Gasteiger partial charge in [-0.05, 0) is 41.7 Å². The van der Waals surface area contributed by atoms with Crippen molar-refractivity contribution in [2.75, 3.05) is 6.54 Å². The second-order valence-corrected chi connectivity index (χ2v) is 11.3. The minimum Gasteiger partial charge on any atom is -0.392 e. The molecule has 12 heteroatoms. The van der Waals surface area contributed by atoms with Gasteiger partial charge in [0.2, 0.25) is 5.91 Å². The van der Waals surface area contributed by atoms with Gasteiger partial charge in [-0.15, -0.1) is 0 Å². The zero-order chi connectivity index (χ0) is 31.6. The van der Waals surface area contributed by atoms with Crippen molar-refractivity contribution in [3.05, 3.63) is 101 Å². The summed E-state index contributed by atoms with van der Waals surface area (Å²) in [6.07, 6.45) is -3.28. The zero-order valence-corrected chi connectivity index (χ0v) is 24.3. The molecule has 2 fully saturated rings. The predicted octanol–water partition coefficient (Wildman–Crippen LogP) is 4.94. The summed E-state index contributed by atoms with van der Waals surface area (Å²) in [5.74, 6) is -2.60. The van der Waals surface area contributed by atoms with Crippen LogP contribution >= 0.6 is 0 Å². The van der Waals surface area contributed by atoms with Gasteiger partial charge in [0.05, 0.1) is 42.7 Å². The Morgan fingerprint density at radius 1 is 0.956 bits per heavy atom. The maximum Gasteiger partial charge on any atom is 0.471 e. The van der Waals surface area contributed by atoms with Crippen LogP contribution in [0.1, 0.15) is 53.9 Å². The summed E-state index contributed by atoms with van der Waals surface area (Å²) in [5.41, 5.74) is 5.16. The summed E-state index contributed by atoms with van der Waals surface area (Å²) in [5, 5.41) is 12.1. The van der Waals surface area contributed by atoms with Gasteiger partial charge in [-0.25, -0.2) is 4.98 Å². The summed E-state index contributed by atoms with van der Waals surface area (Å²) in [6.45, 7) is 0.499. The van der Waals surface area contributed by atoms with Crippen molar-refractivity contribution in [3.63, 3.8) is 0 Å². The number of imidazole rings is 1. The number of nitrogens with zero attached hydrogens (tertiary/aromatic N) is 3. The number of aliphatic hydroxyl groups excluding tert-OH is 1. The number of ether oxygens (including phenoxy) is 2. The van der Waals surface area contributed by atoms with Gasteiger partial charge in [-0.2, -0.15) is 13.2 Å². The molecule has 45 heavy (non-hydrogen) atoms. The summed E-state index contributed by atoms with van der Waals surface area (Å²) in [7, 11) is 0. The van der Waals surface area contributed by atoms with Gasteiger partial charge in [0.15, 0.2) is 6.29 Å². The summed E-state index contributed by atoms with van der Waals surface area (Å²) >= 11 is 0. The van der Waals surface area contributed by atoms with E-state index in [-0.39, 0.29) is 38.3 Å². The van der Waals surface area contributed by atoms with Crippen molar-refractivity contribution >= 4 is 22.8 Å². The molecule has 2 saturated heterocycles. The Kier molecular flexibility index (Phi) is 8.88. The molecule has 0 saturated carbocycles. The highest BCUT2D eigenvalue weighted by atomic mass is 19.4. The highest BCUT2D eigenvalue weighted by molar-refractivity contribution is 5.90. The third-order valence-electron chi connectivity index (χ3n) is 8.32. The number of hydrogen-bond acceptors (Lipinski definition) is 6. The number of hydrogen-bond donors (Lipinski definition) is 2. The molecule has 2 amide bonds. The van der Waals surface area contributed by atoms with Crippen LogP contribution in [0.3, 0.4) is 0 Å². The van der Waals surface area contributed by atoms with Gasteiger partial charge in [-0.3, -0.25) is 9.59 Å². The largest absolute Gasteiger partial charge is 0.471 e. The Balaban J connectivity index is 1.15. The van der Waals surface area contributed by atoms with Crippen LogP contribution in [0.5, 0.6) is 0 Å². The van der Waals surface area contributed by atoms with Crippen molar-refractivity contribution < 1.29 is 37.3 Å². The molecule has 0 unspecified atom stereocenters. The number of fused-ring (bicyclic) bond motifs is 1. The molecular formula is C33H33F3N4O5. The van der Waals surface area contributed by atoms with Crippen LogP contribution in [0.25, 0.3) is 11.0 Å². The van der Waals surface area contributed by atoms with Gasteiger partial charge in [0, 0.05) is 25.1 Å². The Labute approximate surface area is 257 Å². The van der Waals surface area contributed by atoms with Crippen molar-refractivity contribution in [1.29, 1.82) is 0 Å². The molecule has 6 rings (SSSR count). The van der Waals surface area contributed by atoms with E-state index in [0.717, 1.165) is 33.3 Å². The number of para-hydroxylation sites is 2. The van der Waals surface area contributed by atoms with E-state index in [1.807, 2.05) is 60.7 Å². The fraction of sp³-hybridized carbons (Fsp3) is 0.364. The first-order valence-electron chi connectivity index (χ1n) is 14.8. The number of benzene rings is 3. The van der Waals surface area contributed by atoms with Crippen molar-refractivity contribution in [3.8, 4) is 0 Å². The molecule has 1 aromatic heterocycles. The van der Waals surface area contributed by atoms with Gasteiger partial charge in [0.25, 0.3) is 0 Å². The molecule has 0 radical (unpaired) electrons. The van der Waals surface area contributed by atoms with Crippen molar-refractivity contribution in [2.45, 2.75) is 69.7 Å². The first kappa shape index (κ1) is 30.8. The SMILES string of the molecule is O=C(NCc1ccc([C@@H]2O[C@H](Cn3cnc4ccccc43)C[C@H](c3ccc(CO)cc3)O2)cc1)[C@@H]1CCCN1C(=O)C(F)(F)F. The number of nitrogens with one attached hydrogen (secondary N) is 1. The van der Waals surface area contributed by atoms with E-state index in [4.69, 9.17) is 9.47 Å². The molecule has 9 nitrogen and oxygen atoms in total. The van der Waals surface area contributed by atoms with E-state index in [2.05, 4.69) is 14.9 Å². The molecule has 3 aromatic carbocycles. The summed E-state index contributed by atoms with van der Waals surface area (Å²) in [6, 6.07) is 21.6. The number of aliphatic hydroxyl groups is 1. The third kappa shape index (κ3) is 6.87. The molecule has 0 aliphatic carbocycles. The zero-order valence-electron chi connectivity index (χ0n) is 24.3. The molecular weight excluding hydrogens is 589 g/mol. The normalized spacial score (nSPS) is 22.1. The molecule has 2 N–H and O–H groups in total. The van der Waals surface area contributed by atoms with Gasteiger partial charge < -0.3 is 29.4 Å². The van der Waals surface area contributed by atoms with Crippen molar-refractivity contribution in [1.82, 2.24) is 19.8 Å². The number of rotatable bonds is 8. The molecule has 236 valence electrons. The second kappa shape index (κ2) is 13.0. The Bertz CT molecular complexity index is 1640. The number of halogens is 3. The minimum absolute atomic E-state index is 0.0503. The number of carbonyl (C=O) groups is 2. The standard InChI is InChI=1S/C33H33F3N4O5/c34-33(35,36)32(43)40-15-3-6-28(40)30(42)37-17-21-7-13-24(14-8-21)31-44-25(18-39-20-38-26-4-1-2-5-27(26)39)16-29(45-31)23-11-9-22(19-41)10-12-23/h1-2,4-5,7-14,20,25,28-29,31,41H,3,6,15-19H2,(H,37,42)/t25-,28-,29+,31+/m0/s1. The van der Waals surface area contributed by atoms with Crippen LogP contribution in [-0.4, -0.2) is 56.2 Å². The van der Waals surface area contributed by atoms with E-state index in [9.17, 15) is 27.9 Å². The molecule has 2 aliphatic rings. The summed E-state index contributed by atoms with van der Waals surface area (Å²) in [4.78, 5) is 29.5. The van der Waals surface area contributed by atoms with Crippen LogP contribution in [0.2, 0.25) is 0 Å². The number of likely N-dealkylation sites (tertiary alicyclic amines) is 1. The van der Waals surface area contributed by atoms with E-state index >= 15 is 0 Å². The van der Waals surface area contributed by atoms with Gasteiger partial charge >= 0.3 is 12.1 Å². The van der Waals surface area contributed by atoms with Crippen LogP contribution < -0.4 is 5.32 Å². The number of carbonyl (C=O) groups excluding carboxylic acids is 2. The average Bonchev–Trinajstić information content (AvgIpc) is 3.71. The topological polar surface area (TPSA) is 106 Å². The predicted molar refractivity (Wildman–Crippen MR) is 157 cm³/mol. The highest BCUT2D eigenvalue weighted by Crippen LogP contribution is 2.38. The van der Waals surface area contributed by atoms with E-state index in [1.165, 1.54) is 0 Å². The first-order valence-corrected chi connectivity index (χ1v) is 14.8. The maximum absolute atomic E-state index is 13.0. The lowest BCUT2D eigenvalue weighted by molar-refractivity contribution is -0.252. The number of alkyl halides is 3. The van der Waals surface area contributed by atoms with Crippen LogP contribution in [0, 0.1) is 0 Å². The van der Waals surface area contributed by atoms with Crippen LogP contribution in [-0.2, 0) is 38.8 Å². The number of amides is 2. The maximum atomic E-state index is 13.0. The monoisotopic (exact) mass is 622 g/mol. The molecule has 3 heterocycles. The third-order valence-corrected chi connectivity index (χ3v) is 8.32. The van der Waals surface area contributed by atoms with E-state index < -0.39 is 30.3 Å². The fourth-order valence-electron chi connectivity index (χ4n) is 5.95. The van der Waals surface area contributed by atoms with Crippen molar-refractivity contribution in [2.24, 2.45) is 0 Å². The van der Waals surface area contributed by atoms with E-state index in [1.54, 1.807) is 18.5 Å². The Morgan fingerprint density at radius 2 is 1.67 bits per heavy atom. The first-order chi connectivity index (χ1) is 21.7. The Morgan fingerprint density at radius 3 is 2.40 bits per heavy atom. The molecule has 0 bridgehead atoms. The smallest absolute Gasteiger partial charge is 0.392 e. The lowest BCUT2D eigenvalue weighted by Crippen LogP contribution is -2.50. The Hall–Kier alpha value is -4.26. The summed E-state index contributed by atoms with van der Waals surface area (Å²) < 4.78 is 53.8. The lowest BCUT2D eigenvalue weighted by atomic mass is 9.99. The van der Waals surface area contributed by atoms with Gasteiger partial charge in [-0.1, -0.05) is 60.7 Å².